The molecular weight excluding hydrogens is 390 g/mol. The molecule has 6 nitrogen and oxygen atoms in total. The lowest BCUT2D eigenvalue weighted by molar-refractivity contribution is -0.119. The van der Waals surface area contributed by atoms with Gasteiger partial charge in [-0.3, -0.25) is 4.79 Å². The molecule has 0 saturated carbocycles. The first-order valence-electron chi connectivity index (χ1n) is 8.03. The number of nitrogens with zero attached hydrogens (tertiary/aromatic N) is 1. The number of benzene rings is 1. The van der Waals surface area contributed by atoms with Crippen molar-refractivity contribution < 1.29 is 13.2 Å². The van der Waals surface area contributed by atoms with Crippen LogP contribution in [0.1, 0.15) is 23.7 Å². The summed E-state index contributed by atoms with van der Waals surface area (Å²) >= 11 is 2.73. The topological polar surface area (TPSA) is 88.2 Å². The van der Waals surface area contributed by atoms with Gasteiger partial charge in [-0.05, 0) is 31.2 Å². The van der Waals surface area contributed by atoms with Gasteiger partial charge in [0.15, 0.2) is 0 Å². The van der Waals surface area contributed by atoms with Gasteiger partial charge in [-0.25, -0.2) is 18.1 Å². The molecule has 0 aliphatic heterocycles. The number of sulfonamides is 1. The number of para-hydroxylation sites is 1. The minimum absolute atomic E-state index is 0.148. The third-order valence-electron chi connectivity index (χ3n) is 3.59. The van der Waals surface area contributed by atoms with Crippen molar-refractivity contribution >= 4 is 48.8 Å². The van der Waals surface area contributed by atoms with Gasteiger partial charge in [-0.2, -0.15) is 0 Å². The highest BCUT2D eigenvalue weighted by molar-refractivity contribution is 7.91. The van der Waals surface area contributed by atoms with E-state index < -0.39 is 10.0 Å². The summed E-state index contributed by atoms with van der Waals surface area (Å²) in [6.07, 6.45) is 0.530. The van der Waals surface area contributed by atoms with Crippen LogP contribution in [0.15, 0.2) is 40.6 Å². The number of nitrogens with one attached hydrogen (secondary N) is 2. The summed E-state index contributed by atoms with van der Waals surface area (Å²) in [5, 5.41) is 3.56. The molecule has 0 bridgehead atoms. The van der Waals surface area contributed by atoms with Crippen LogP contribution in [-0.4, -0.2) is 25.4 Å². The first-order chi connectivity index (χ1) is 12.3. The second-order valence-electron chi connectivity index (χ2n) is 5.93. The Labute approximate surface area is 160 Å². The quantitative estimate of drug-likeness (QED) is 0.628. The van der Waals surface area contributed by atoms with E-state index in [4.69, 9.17) is 0 Å². The average Bonchev–Trinajstić information content (AvgIpc) is 3.18. The highest BCUT2D eigenvalue weighted by Gasteiger charge is 2.20. The number of carbonyl (C=O) groups is 1. The van der Waals surface area contributed by atoms with E-state index >= 15 is 0 Å². The molecule has 2 heterocycles. The van der Waals surface area contributed by atoms with Crippen molar-refractivity contribution in [3.63, 3.8) is 0 Å². The van der Waals surface area contributed by atoms with Crippen LogP contribution >= 0.6 is 22.7 Å². The zero-order chi connectivity index (χ0) is 18.7. The van der Waals surface area contributed by atoms with Crippen molar-refractivity contribution in [2.24, 2.45) is 0 Å². The largest absolute Gasteiger partial charge is 0.351 e. The van der Waals surface area contributed by atoms with Crippen molar-refractivity contribution in [3.05, 3.63) is 46.3 Å². The fraction of sp³-hybridized carbons (Fsp3) is 0.294. The smallest absolute Gasteiger partial charge is 0.250 e. The lowest BCUT2D eigenvalue weighted by atomic mass is 10.3. The number of carbonyl (C=O) groups excluding carboxylic acids is 1. The van der Waals surface area contributed by atoms with E-state index in [1.807, 2.05) is 31.2 Å². The van der Waals surface area contributed by atoms with Crippen molar-refractivity contribution in [2.75, 3.05) is 0 Å². The zero-order valence-corrected chi connectivity index (χ0v) is 16.8. The summed E-state index contributed by atoms with van der Waals surface area (Å²) < 4.78 is 29.1. The van der Waals surface area contributed by atoms with Crippen LogP contribution < -0.4 is 10.0 Å². The Bertz CT molecular complexity index is 991. The predicted molar refractivity (Wildman–Crippen MR) is 105 cm³/mol. The second kappa shape index (κ2) is 7.83. The predicted octanol–water partition coefficient (Wildman–Crippen LogP) is 2.90. The van der Waals surface area contributed by atoms with Crippen LogP contribution in [0, 0.1) is 0 Å². The van der Waals surface area contributed by atoms with Crippen molar-refractivity contribution in [3.8, 4) is 0 Å². The maximum atomic E-state index is 12.6. The molecule has 1 unspecified atom stereocenters. The number of hydrogen-bond acceptors (Lipinski definition) is 6. The SMILES string of the molecule is CC(=O)NCc1ccc(S(=O)(=O)NC(C)Cc2nc3ccccc3s2)s1. The van der Waals surface area contributed by atoms with Gasteiger partial charge in [0, 0.05) is 24.3 Å². The molecule has 0 aliphatic carbocycles. The molecule has 3 rings (SSSR count). The highest BCUT2D eigenvalue weighted by Crippen LogP contribution is 2.24. The Morgan fingerprint density at radius 1 is 1.19 bits per heavy atom. The molecule has 9 heteroatoms. The van der Waals surface area contributed by atoms with Crippen molar-refractivity contribution in [1.29, 1.82) is 0 Å². The Morgan fingerprint density at radius 3 is 2.69 bits per heavy atom. The van der Waals surface area contributed by atoms with Gasteiger partial charge in [0.2, 0.25) is 15.9 Å². The number of hydrogen-bond donors (Lipinski definition) is 2. The Hall–Kier alpha value is -1.81. The molecule has 0 radical (unpaired) electrons. The maximum absolute atomic E-state index is 12.6. The summed E-state index contributed by atoms with van der Waals surface area (Å²) in [6, 6.07) is 10.9. The fourth-order valence-electron chi connectivity index (χ4n) is 2.44. The van der Waals surface area contributed by atoms with E-state index in [1.165, 1.54) is 6.92 Å². The molecule has 2 N–H and O–H groups in total. The molecule has 3 aromatic rings. The Kier molecular flexibility index (Phi) is 5.71. The van der Waals surface area contributed by atoms with Gasteiger partial charge in [0.25, 0.3) is 0 Å². The normalized spacial score (nSPS) is 13.0. The van der Waals surface area contributed by atoms with E-state index in [1.54, 1.807) is 23.5 Å². The summed E-state index contributed by atoms with van der Waals surface area (Å²) in [6.45, 7) is 3.59. The Balaban J connectivity index is 1.65. The van der Waals surface area contributed by atoms with Crippen molar-refractivity contribution in [1.82, 2.24) is 15.0 Å². The van der Waals surface area contributed by atoms with Gasteiger partial charge in [-0.15, -0.1) is 22.7 Å². The third-order valence-corrected chi connectivity index (χ3v) is 7.81. The summed E-state index contributed by atoms with van der Waals surface area (Å²) in [5.41, 5.74) is 0.934. The molecule has 0 spiro atoms. The molecule has 138 valence electrons. The first kappa shape index (κ1) is 19.0. The van der Waals surface area contributed by atoms with E-state index in [-0.39, 0.29) is 16.2 Å². The molecular formula is C17H19N3O3S3. The van der Waals surface area contributed by atoms with Gasteiger partial charge in [-0.1, -0.05) is 12.1 Å². The molecule has 1 amide bonds. The van der Waals surface area contributed by atoms with Gasteiger partial charge in [0.1, 0.15) is 4.21 Å². The van der Waals surface area contributed by atoms with Gasteiger partial charge < -0.3 is 5.32 Å². The molecule has 0 fully saturated rings. The molecule has 0 saturated heterocycles. The standard InChI is InChI=1S/C17H19N3O3S3/c1-11(9-16-19-14-5-3-4-6-15(14)25-16)20-26(22,23)17-8-7-13(24-17)10-18-12(2)21/h3-8,11,20H,9-10H2,1-2H3,(H,18,21). The maximum Gasteiger partial charge on any atom is 0.250 e. The summed E-state index contributed by atoms with van der Waals surface area (Å²) in [5.74, 6) is -0.148. The number of thiophene rings is 1. The number of aromatic nitrogens is 1. The van der Waals surface area contributed by atoms with E-state index in [2.05, 4.69) is 15.0 Å². The lowest BCUT2D eigenvalue weighted by Gasteiger charge is -2.11. The molecule has 2 aromatic heterocycles. The number of rotatable bonds is 7. The molecule has 0 aliphatic rings. The molecule has 26 heavy (non-hydrogen) atoms. The highest BCUT2D eigenvalue weighted by atomic mass is 32.2. The third kappa shape index (κ3) is 4.67. The Morgan fingerprint density at radius 2 is 1.96 bits per heavy atom. The number of thiazole rings is 1. The van der Waals surface area contributed by atoms with Gasteiger partial charge in [0.05, 0.1) is 21.8 Å². The minimum Gasteiger partial charge on any atom is -0.351 e. The van der Waals surface area contributed by atoms with Crippen molar-refractivity contribution in [2.45, 2.75) is 37.1 Å². The monoisotopic (exact) mass is 409 g/mol. The van der Waals surface area contributed by atoms with Crippen LogP contribution in [0.3, 0.4) is 0 Å². The number of fused-ring (bicyclic) bond motifs is 1. The molecule has 1 atom stereocenters. The van der Waals surface area contributed by atoms with Crippen LogP contribution in [-0.2, 0) is 27.8 Å². The number of amides is 1. The lowest BCUT2D eigenvalue weighted by Crippen LogP contribution is -2.33. The van der Waals surface area contributed by atoms with Crippen LogP contribution in [0.2, 0.25) is 0 Å². The average molecular weight is 410 g/mol. The minimum atomic E-state index is -3.59. The van der Waals surface area contributed by atoms with Crippen LogP contribution in [0.4, 0.5) is 0 Å². The van der Waals surface area contributed by atoms with E-state index in [0.29, 0.717) is 13.0 Å². The zero-order valence-electron chi connectivity index (χ0n) is 14.4. The fourth-order valence-corrected chi connectivity index (χ4v) is 6.09. The molecule has 1 aromatic carbocycles. The van der Waals surface area contributed by atoms with Crippen LogP contribution in [0.5, 0.6) is 0 Å². The van der Waals surface area contributed by atoms with Crippen LogP contribution in [0.25, 0.3) is 10.2 Å². The summed E-state index contributed by atoms with van der Waals surface area (Å²) in [7, 11) is -3.59. The van der Waals surface area contributed by atoms with Gasteiger partial charge >= 0.3 is 0 Å². The first-order valence-corrected chi connectivity index (χ1v) is 11.1. The second-order valence-corrected chi connectivity index (χ2v) is 10.2. The summed E-state index contributed by atoms with van der Waals surface area (Å²) in [4.78, 5) is 16.3. The van der Waals surface area contributed by atoms with E-state index in [9.17, 15) is 13.2 Å². The van der Waals surface area contributed by atoms with E-state index in [0.717, 1.165) is 31.4 Å².